The van der Waals surface area contributed by atoms with Crippen LogP contribution in [-0.4, -0.2) is 39.7 Å². The van der Waals surface area contributed by atoms with Crippen LogP contribution >= 0.6 is 46.4 Å². The van der Waals surface area contributed by atoms with Crippen LogP contribution in [0, 0.1) is 0 Å². The van der Waals surface area contributed by atoms with Crippen LogP contribution in [0.4, 0.5) is 0 Å². The largest absolute Gasteiger partial charge is 0.341 e. The van der Waals surface area contributed by atoms with Crippen molar-refractivity contribution in [2.45, 2.75) is 6.54 Å². The van der Waals surface area contributed by atoms with Crippen molar-refractivity contribution in [2.24, 2.45) is 0 Å². The molecule has 19 heavy (non-hydrogen) atoms. The Morgan fingerprint density at radius 2 is 1.68 bits per heavy atom. The number of alkyl halides is 2. The van der Waals surface area contributed by atoms with Crippen LogP contribution in [-0.2, 0) is 6.54 Å². The number of halogens is 4. The quantitative estimate of drug-likeness (QED) is 0.801. The van der Waals surface area contributed by atoms with Gasteiger partial charge in [0.05, 0.1) is 27.6 Å². The fourth-order valence-electron chi connectivity index (χ4n) is 1.85. The molecule has 0 fully saturated rings. The first kappa shape index (κ1) is 15.2. The molecule has 0 aliphatic rings. The molecule has 1 aromatic heterocycles. The van der Waals surface area contributed by atoms with E-state index in [0.29, 0.717) is 28.4 Å². The van der Waals surface area contributed by atoms with Crippen LogP contribution in [0.1, 0.15) is 5.82 Å². The molecule has 2 aromatic rings. The highest BCUT2D eigenvalue weighted by Crippen LogP contribution is 2.26. The molecule has 0 amide bonds. The van der Waals surface area contributed by atoms with E-state index in [1.807, 2.05) is 0 Å². The smallest absolute Gasteiger partial charge is 0.121 e. The van der Waals surface area contributed by atoms with Crippen molar-refractivity contribution < 1.29 is 0 Å². The second-order valence-corrected chi connectivity index (χ2v) is 5.69. The lowest BCUT2D eigenvalue weighted by atomic mass is 10.3. The van der Waals surface area contributed by atoms with Gasteiger partial charge >= 0.3 is 0 Å². The summed E-state index contributed by atoms with van der Waals surface area (Å²) in [7, 11) is 0. The Kier molecular flexibility index (Phi) is 5.60. The number of hydrogen-bond acceptors (Lipinski definition) is 2. The Hall–Kier alpha value is -0.190. The third-order valence-electron chi connectivity index (χ3n) is 2.75. The first-order valence-electron chi connectivity index (χ1n) is 5.82. The van der Waals surface area contributed by atoms with E-state index in [2.05, 4.69) is 14.9 Å². The van der Waals surface area contributed by atoms with Crippen molar-refractivity contribution in [3.63, 3.8) is 0 Å². The molecule has 7 heteroatoms. The fraction of sp³-hybridized carbons (Fsp3) is 0.417. The van der Waals surface area contributed by atoms with Crippen LogP contribution in [0.15, 0.2) is 12.1 Å². The molecule has 0 aliphatic carbocycles. The van der Waals surface area contributed by atoms with Crippen molar-refractivity contribution >= 4 is 57.4 Å². The molecule has 1 heterocycles. The van der Waals surface area contributed by atoms with Gasteiger partial charge in [-0.05, 0) is 12.1 Å². The summed E-state index contributed by atoms with van der Waals surface area (Å²) >= 11 is 23.5. The van der Waals surface area contributed by atoms with Crippen molar-refractivity contribution in [2.75, 3.05) is 24.8 Å². The van der Waals surface area contributed by atoms with Gasteiger partial charge in [-0.2, -0.15) is 0 Å². The standard InChI is InChI=1S/C12H13Cl4N3/c13-1-3-19(4-2-14)7-12-17-10-5-8(15)9(16)6-11(10)18-12/h5-6H,1-4,7H2,(H,17,18). The molecule has 0 saturated heterocycles. The zero-order chi connectivity index (χ0) is 13.8. The highest BCUT2D eigenvalue weighted by molar-refractivity contribution is 6.42. The minimum absolute atomic E-state index is 0.505. The van der Waals surface area contributed by atoms with Gasteiger partial charge < -0.3 is 4.98 Å². The van der Waals surface area contributed by atoms with E-state index in [1.165, 1.54) is 0 Å². The van der Waals surface area contributed by atoms with Crippen molar-refractivity contribution in [3.05, 3.63) is 28.0 Å². The fourth-order valence-corrected chi connectivity index (χ4v) is 2.65. The molecule has 0 radical (unpaired) electrons. The van der Waals surface area contributed by atoms with Crippen molar-refractivity contribution in [1.29, 1.82) is 0 Å². The second-order valence-electron chi connectivity index (χ2n) is 4.12. The molecule has 0 spiro atoms. The molecule has 1 aromatic carbocycles. The van der Waals surface area contributed by atoms with Gasteiger partial charge in [0, 0.05) is 24.8 Å². The second kappa shape index (κ2) is 7.00. The summed E-state index contributed by atoms with van der Waals surface area (Å²) in [5.41, 5.74) is 1.68. The summed E-state index contributed by atoms with van der Waals surface area (Å²) in [4.78, 5) is 9.86. The van der Waals surface area contributed by atoms with Crippen LogP contribution in [0.25, 0.3) is 11.0 Å². The van der Waals surface area contributed by atoms with Gasteiger partial charge in [0.15, 0.2) is 0 Å². The van der Waals surface area contributed by atoms with Gasteiger partial charge in [-0.25, -0.2) is 4.98 Å². The summed E-state index contributed by atoms with van der Waals surface area (Å²) in [5, 5.41) is 1.02. The van der Waals surface area contributed by atoms with Crippen LogP contribution in [0.3, 0.4) is 0 Å². The molecular weight excluding hydrogens is 328 g/mol. The molecule has 3 nitrogen and oxygen atoms in total. The van der Waals surface area contributed by atoms with Gasteiger partial charge in [0.2, 0.25) is 0 Å². The first-order chi connectivity index (χ1) is 9.13. The number of hydrogen-bond donors (Lipinski definition) is 1. The first-order valence-corrected chi connectivity index (χ1v) is 7.64. The number of nitrogens with zero attached hydrogens (tertiary/aromatic N) is 2. The van der Waals surface area contributed by atoms with E-state index < -0.39 is 0 Å². The topological polar surface area (TPSA) is 31.9 Å². The lowest BCUT2D eigenvalue weighted by Gasteiger charge is -2.18. The van der Waals surface area contributed by atoms with Crippen molar-refractivity contribution in [1.82, 2.24) is 14.9 Å². The normalized spacial score (nSPS) is 11.6. The van der Waals surface area contributed by atoms with Gasteiger partial charge in [-0.3, -0.25) is 4.90 Å². The summed E-state index contributed by atoms with van der Waals surface area (Å²) in [6.07, 6.45) is 0. The molecule has 0 atom stereocenters. The van der Waals surface area contributed by atoms with Crippen molar-refractivity contribution in [3.8, 4) is 0 Å². The summed E-state index contributed by atoms with van der Waals surface area (Å²) in [6, 6.07) is 3.54. The van der Waals surface area contributed by atoms with E-state index >= 15 is 0 Å². The number of imidazole rings is 1. The summed E-state index contributed by atoms with van der Waals surface area (Å²) < 4.78 is 0. The molecule has 104 valence electrons. The van der Waals surface area contributed by atoms with Gasteiger partial charge in [0.25, 0.3) is 0 Å². The Balaban J connectivity index is 2.20. The van der Waals surface area contributed by atoms with Crippen LogP contribution in [0.5, 0.6) is 0 Å². The molecule has 1 N–H and O–H groups in total. The number of H-pyrrole nitrogens is 1. The van der Waals surface area contributed by atoms with E-state index in [1.54, 1.807) is 12.1 Å². The Morgan fingerprint density at radius 3 is 2.32 bits per heavy atom. The minimum Gasteiger partial charge on any atom is -0.341 e. The number of benzene rings is 1. The third kappa shape index (κ3) is 3.89. The molecule has 2 rings (SSSR count). The number of fused-ring (bicyclic) bond motifs is 1. The molecular formula is C12H13Cl4N3. The highest BCUT2D eigenvalue weighted by atomic mass is 35.5. The number of aromatic nitrogens is 2. The zero-order valence-electron chi connectivity index (χ0n) is 10.1. The maximum atomic E-state index is 5.98. The summed E-state index contributed by atoms with van der Waals surface area (Å²) in [5.74, 6) is 1.98. The average Bonchev–Trinajstić information content (AvgIpc) is 2.72. The van der Waals surface area contributed by atoms with E-state index in [4.69, 9.17) is 46.4 Å². The van der Waals surface area contributed by atoms with Gasteiger partial charge in [-0.15, -0.1) is 23.2 Å². The monoisotopic (exact) mass is 339 g/mol. The Morgan fingerprint density at radius 1 is 1.05 bits per heavy atom. The molecule has 0 bridgehead atoms. The molecule has 0 unspecified atom stereocenters. The highest BCUT2D eigenvalue weighted by Gasteiger charge is 2.10. The maximum absolute atomic E-state index is 5.98. The number of nitrogens with one attached hydrogen (secondary N) is 1. The Labute approximate surface area is 131 Å². The lowest BCUT2D eigenvalue weighted by molar-refractivity contribution is 0.293. The van der Waals surface area contributed by atoms with E-state index in [9.17, 15) is 0 Å². The number of rotatable bonds is 6. The minimum atomic E-state index is 0.505. The predicted molar refractivity (Wildman–Crippen MR) is 82.8 cm³/mol. The zero-order valence-corrected chi connectivity index (χ0v) is 13.1. The summed E-state index contributed by atoms with van der Waals surface area (Å²) in [6.45, 7) is 2.21. The van der Waals surface area contributed by atoms with Crippen LogP contribution in [0.2, 0.25) is 10.0 Å². The Bertz CT molecular complexity index is 510. The van der Waals surface area contributed by atoms with E-state index in [0.717, 1.165) is 29.9 Å². The average molecular weight is 341 g/mol. The van der Waals surface area contributed by atoms with Gasteiger partial charge in [0.1, 0.15) is 5.82 Å². The molecule has 0 saturated carbocycles. The third-order valence-corrected chi connectivity index (χ3v) is 3.81. The SMILES string of the molecule is ClCCN(CCCl)Cc1nc2cc(Cl)c(Cl)cc2[nH]1. The van der Waals surface area contributed by atoms with Gasteiger partial charge in [-0.1, -0.05) is 23.2 Å². The van der Waals surface area contributed by atoms with Crippen LogP contribution < -0.4 is 0 Å². The number of aromatic amines is 1. The predicted octanol–water partition coefficient (Wildman–Crippen LogP) is 4.15. The van der Waals surface area contributed by atoms with E-state index in [-0.39, 0.29) is 0 Å². The lowest BCUT2D eigenvalue weighted by Crippen LogP contribution is -2.27. The maximum Gasteiger partial charge on any atom is 0.121 e. The molecule has 0 aliphatic heterocycles.